The summed E-state index contributed by atoms with van der Waals surface area (Å²) in [6, 6.07) is 3.97. The summed E-state index contributed by atoms with van der Waals surface area (Å²) in [5.41, 5.74) is 0.962. The van der Waals surface area contributed by atoms with Crippen LogP contribution in [0.3, 0.4) is 0 Å². The molecule has 0 aliphatic rings. The molecule has 68 valence electrons. The van der Waals surface area contributed by atoms with E-state index < -0.39 is 0 Å². The summed E-state index contributed by atoms with van der Waals surface area (Å²) in [6.45, 7) is 0. The highest BCUT2D eigenvalue weighted by atomic mass is 32.1. The van der Waals surface area contributed by atoms with Gasteiger partial charge in [-0.3, -0.25) is 5.32 Å². The fourth-order valence-corrected chi connectivity index (χ4v) is 1.72. The lowest BCUT2D eigenvalue weighted by atomic mass is 10.3. The molecular formula is C9H6N4S. The maximum atomic E-state index is 8.33. The van der Waals surface area contributed by atoms with Gasteiger partial charge in [-0.05, 0) is 11.4 Å². The summed E-state index contributed by atoms with van der Waals surface area (Å²) in [4.78, 5) is 9.09. The number of thiophene rings is 1. The van der Waals surface area contributed by atoms with E-state index in [9.17, 15) is 0 Å². The van der Waals surface area contributed by atoms with Gasteiger partial charge in [0.1, 0.15) is 0 Å². The minimum absolute atomic E-state index is 0.327. The first-order valence-electron chi connectivity index (χ1n) is 3.91. The first-order valence-corrected chi connectivity index (χ1v) is 4.79. The zero-order valence-corrected chi connectivity index (χ0v) is 7.95. The van der Waals surface area contributed by atoms with Gasteiger partial charge in [0, 0.05) is 22.8 Å². The molecule has 4 nitrogen and oxygen atoms in total. The van der Waals surface area contributed by atoms with Crippen molar-refractivity contribution < 1.29 is 0 Å². The van der Waals surface area contributed by atoms with E-state index in [0.717, 1.165) is 10.4 Å². The van der Waals surface area contributed by atoms with E-state index in [1.54, 1.807) is 29.9 Å². The second-order valence-corrected chi connectivity index (χ2v) is 3.46. The molecule has 0 radical (unpaired) electrons. The van der Waals surface area contributed by atoms with Crippen molar-refractivity contribution in [2.75, 3.05) is 5.32 Å². The number of hydrogen-bond acceptors (Lipinski definition) is 5. The Morgan fingerprint density at radius 2 is 2.14 bits per heavy atom. The molecule has 0 saturated carbocycles. The van der Waals surface area contributed by atoms with Crippen molar-refractivity contribution in [3.05, 3.63) is 29.9 Å². The van der Waals surface area contributed by atoms with Crippen LogP contribution in [0.25, 0.3) is 10.4 Å². The minimum atomic E-state index is 0.327. The molecule has 0 fully saturated rings. The monoisotopic (exact) mass is 202 g/mol. The Labute approximate surface area is 84.9 Å². The van der Waals surface area contributed by atoms with Crippen LogP contribution in [0.5, 0.6) is 0 Å². The van der Waals surface area contributed by atoms with Crippen LogP contribution in [0.15, 0.2) is 29.9 Å². The molecular weight excluding hydrogens is 196 g/mol. The summed E-state index contributed by atoms with van der Waals surface area (Å²) in [6.07, 6.45) is 5.15. The smallest absolute Gasteiger partial charge is 0.236 e. The van der Waals surface area contributed by atoms with Crippen molar-refractivity contribution in [3.63, 3.8) is 0 Å². The van der Waals surface area contributed by atoms with E-state index in [4.69, 9.17) is 5.26 Å². The summed E-state index contributed by atoms with van der Waals surface area (Å²) >= 11 is 1.63. The molecule has 0 amide bonds. The van der Waals surface area contributed by atoms with Gasteiger partial charge in [0.05, 0.1) is 0 Å². The number of rotatable bonds is 2. The molecule has 2 heterocycles. The van der Waals surface area contributed by atoms with E-state index in [0.29, 0.717) is 5.95 Å². The Balaban J connectivity index is 2.27. The zero-order chi connectivity index (χ0) is 9.80. The van der Waals surface area contributed by atoms with Crippen LogP contribution >= 0.6 is 11.3 Å². The Morgan fingerprint density at radius 3 is 2.71 bits per heavy atom. The van der Waals surface area contributed by atoms with Crippen LogP contribution in [0.4, 0.5) is 5.95 Å². The Bertz CT molecular complexity index is 441. The molecule has 2 aromatic rings. The van der Waals surface area contributed by atoms with Gasteiger partial charge < -0.3 is 0 Å². The van der Waals surface area contributed by atoms with Crippen molar-refractivity contribution in [2.24, 2.45) is 0 Å². The highest BCUT2D eigenvalue weighted by molar-refractivity contribution is 7.13. The molecule has 0 aliphatic carbocycles. The highest BCUT2D eigenvalue weighted by Crippen LogP contribution is 2.23. The van der Waals surface area contributed by atoms with Gasteiger partial charge in [0.2, 0.25) is 5.95 Å². The largest absolute Gasteiger partial charge is 0.261 e. The molecule has 0 atom stereocenters. The minimum Gasteiger partial charge on any atom is -0.261 e. The second-order valence-electron chi connectivity index (χ2n) is 2.51. The predicted octanol–water partition coefficient (Wildman–Crippen LogP) is 2.10. The normalized spacial score (nSPS) is 9.36. The topological polar surface area (TPSA) is 61.6 Å². The number of anilines is 1. The lowest BCUT2D eigenvalue weighted by Crippen LogP contribution is -1.94. The van der Waals surface area contributed by atoms with Crippen LogP contribution in [0.1, 0.15) is 0 Å². The molecule has 5 heteroatoms. The standard InChI is InChI=1S/C9H6N4S/c10-6-13-9-11-4-7(5-12-9)8-2-1-3-14-8/h1-5H,(H,11,12,13). The van der Waals surface area contributed by atoms with Gasteiger partial charge in [-0.15, -0.1) is 11.3 Å². The molecule has 2 aromatic heterocycles. The lowest BCUT2D eigenvalue weighted by molar-refractivity contribution is 1.17. The summed E-state index contributed by atoms with van der Waals surface area (Å²) in [5.74, 6) is 0.327. The van der Waals surface area contributed by atoms with Gasteiger partial charge >= 0.3 is 0 Å². The van der Waals surface area contributed by atoms with Gasteiger partial charge in [0.25, 0.3) is 0 Å². The average Bonchev–Trinajstić information content (AvgIpc) is 2.72. The molecule has 0 aromatic carbocycles. The maximum absolute atomic E-state index is 8.33. The fraction of sp³-hybridized carbons (Fsp3) is 0. The van der Waals surface area contributed by atoms with E-state index >= 15 is 0 Å². The molecule has 2 rings (SSSR count). The Morgan fingerprint density at radius 1 is 1.36 bits per heavy atom. The molecule has 0 bridgehead atoms. The number of nitrogens with one attached hydrogen (secondary N) is 1. The van der Waals surface area contributed by atoms with Gasteiger partial charge in [-0.25, -0.2) is 9.97 Å². The average molecular weight is 202 g/mol. The fourth-order valence-electron chi connectivity index (χ4n) is 1.01. The molecule has 14 heavy (non-hydrogen) atoms. The van der Waals surface area contributed by atoms with Crippen molar-refractivity contribution in [2.45, 2.75) is 0 Å². The summed E-state index contributed by atoms with van der Waals surface area (Å²) in [7, 11) is 0. The quantitative estimate of drug-likeness (QED) is 0.598. The van der Waals surface area contributed by atoms with Crippen molar-refractivity contribution in [1.82, 2.24) is 9.97 Å². The Kier molecular flexibility index (Phi) is 2.38. The maximum Gasteiger partial charge on any atom is 0.236 e. The molecule has 0 spiro atoms. The lowest BCUT2D eigenvalue weighted by Gasteiger charge is -1.97. The van der Waals surface area contributed by atoms with E-state index in [2.05, 4.69) is 15.3 Å². The van der Waals surface area contributed by atoms with E-state index in [-0.39, 0.29) is 0 Å². The highest BCUT2D eigenvalue weighted by Gasteiger charge is 1.99. The van der Waals surface area contributed by atoms with Gasteiger partial charge in [-0.1, -0.05) is 6.07 Å². The molecule has 0 aliphatic heterocycles. The van der Waals surface area contributed by atoms with Crippen LogP contribution in [0, 0.1) is 11.5 Å². The predicted molar refractivity (Wildman–Crippen MR) is 54.6 cm³/mol. The first-order chi connectivity index (χ1) is 6.90. The number of nitrogens with zero attached hydrogens (tertiary/aromatic N) is 3. The first kappa shape index (κ1) is 8.66. The molecule has 1 N–H and O–H groups in total. The number of nitriles is 1. The van der Waals surface area contributed by atoms with Crippen molar-refractivity contribution in [1.29, 1.82) is 5.26 Å². The number of aromatic nitrogens is 2. The van der Waals surface area contributed by atoms with E-state index in [1.165, 1.54) is 0 Å². The van der Waals surface area contributed by atoms with Crippen molar-refractivity contribution in [3.8, 4) is 16.6 Å². The third-order valence-corrected chi connectivity index (χ3v) is 2.54. The van der Waals surface area contributed by atoms with Gasteiger partial charge in [0.15, 0.2) is 6.19 Å². The SMILES string of the molecule is N#CNc1ncc(-c2cccs2)cn1. The van der Waals surface area contributed by atoms with Crippen molar-refractivity contribution >= 4 is 17.3 Å². The molecule has 0 unspecified atom stereocenters. The summed E-state index contributed by atoms with van der Waals surface area (Å²) in [5, 5.41) is 12.7. The van der Waals surface area contributed by atoms with E-state index in [1.807, 2.05) is 17.5 Å². The number of hydrogen-bond donors (Lipinski definition) is 1. The van der Waals surface area contributed by atoms with Crippen LogP contribution < -0.4 is 5.32 Å². The molecule has 0 saturated heterocycles. The zero-order valence-electron chi connectivity index (χ0n) is 7.14. The van der Waals surface area contributed by atoms with Gasteiger partial charge in [-0.2, -0.15) is 5.26 Å². The van der Waals surface area contributed by atoms with Crippen LogP contribution in [-0.4, -0.2) is 9.97 Å². The summed E-state index contributed by atoms with van der Waals surface area (Å²) < 4.78 is 0. The second kappa shape index (κ2) is 3.85. The van der Waals surface area contributed by atoms with Crippen LogP contribution in [-0.2, 0) is 0 Å². The third-order valence-electron chi connectivity index (χ3n) is 1.63. The van der Waals surface area contributed by atoms with Crippen LogP contribution in [0.2, 0.25) is 0 Å². The Hall–Kier alpha value is -1.93. The third kappa shape index (κ3) is 1.70.